The molecular formula is C21H17Cl. The molecule has 0 saturated heterocycles. The number of halogens is 1. The smallest absolute Gasteiger partial charge is 0.0412 e. The Hall–Kier alpha value is -2.05. The number of hydrogen-bond donors (Lipinski definition) is 0. The van der Waals surface area contributed by atoms with Crippen molar-refractivity contribution in [3.63, 3.8) is 0 Å². The van der Waals surface area contributed by atoms with Gasteiger partial charge < -0.3 is 0 Å². The fraction of sp³-hybridized carbons (Fsp3) is 0.143. The fourth-order valence-electron chi connectivity index (χ4n) is 3.73. The molecule has 0 N–H and O–H groups in total. The molecule has 0 spiro atoms. The fourth-order valence-corrected chi connectivity index (χ4v) is 3.90. The first-order valence-electron chi connectivity index (χ1n) is 7.58. The summed E-state index contributed by atoms with van der Waals surface area (Å²) in [6.07, 6.45) is 0. The van der Waals surface area contributed by atoms with E-state index < -0.39 is 0 Å². The highest BCUT2D eigenvalue weighted by Gasteiger charge is 2.37. The van der Waals surface area contributed by atoms with E-state index >= 15 is 0 Å². The summed E-state index contributed by atoms with van der Waals surface area (Å²) in [6, 6.07) is 23.5. The second-order valence-electron chi connectivity index (χ2n) is 6.41. The van der Waals surface area contributed by atoms with E-state index in [4.69, 9.17) is 11.6 Å². The van der Waals surface area contributed by atoms with Crippen molar-refractivity contribution in [2.24, 2.45) is 0 Å². The monoisotopic (exact) mass is 304 g/mol. The van der Waals surface area contributed by atoms with E-state index in [9.17, 15) is 0 Å². The summed E-state index contributed by atoms with van der Waals surface area (Å²) in [7, 11) is 0. The van der Waals surface area contributed by atoms with Crippen LogP contribution in [-0.4, -0.2) is 0 Å². The van der Waals surface area contributed by atoms with Gasteiger partial charge in [0.25, 0.3) is 0 Å². The van der Waals surface area contributed by atoms with Gasteiger partial charge in [-0.1, -0.05) is 80.0 Å². The standard InChI is InChI=1S/C21H17Cl/c1-21(2)19-12-11-15(22)13-18(19)17-10-6-9-16(20(17)21)14-7-4-3-5-8-14/h3-13H,1-2H3. The Kier molecular flexibility index (Phi) is 2.92. The van der Waals surface area contributed by atoms with Crippen molar-refractivity contribution < 1.29 is 0 Å². The molecule has 0 atom stereocenters. The van der Waals surface area contributed by atoms with E-state index in [1.54, 1.807) is 0 Å². The Morgan fingerprint density at radius 2 is 1.45 bits per heavy atom. The van der Waals surface area contributed by atoms with Gasteiger partial charge in [-0.2, -0.15) is 0 Å². The van der Waals surface area contributed by atoms with Crippen LogP contribution in [0.2, 0.25) is 5.02 Å². The highest BCUT2D eigenvalue weighted by molar-refractivity contribution is 6.31. The topological polar surface area (TPSA) is 0 Å². The summed E-state index contributed by atoms with van der Waals surface area (Å²) in [5.74, 6) is 0. The van der Waals surface area contributed by atoms with Crippen LogP contribution in [0.15, 0.2) is 66.7 Å². The lowest BCUT2D eigenvalue weighted by Crippen LogP contribution is -2.16. The van der Waals surface area contributed by atoms with Crippen LogP contribution in [0.5, 0.6) is 0 Å². The van der Waals surface area contributed by atoms with Crippen LogP contribution in [0.1, 0.15) is 25.0 Å². The molecule has 1 aliphatic carbocycles. The molecule has 3 aromatic rings. The number of hydrogen-bond acceptors (Lipinski definition) is 0. The van der Waals surface area contributed by atoms with Crippen LogP contribution < -0.4 is 0 Å². The van der Waals surface area contributed by atoms with Gasteiger partial charge in [0, 0.05) is 10.4 Å². The van der Waals surface area contributed by atoms with Crippen molar-refractivity contribution in [1.82, 2.24) is 0 Å². The summed E-state index contributed by atoms with van der Waals surface area (Å²) >= 11 is 6.24. The van der Waals surface area contributed by atoms with Gasteiger partial charge in [0.15, 0.2) is 0 Å². The molecule has 0 radical (unpaired) electrons. The van der Waals surface area contributed by atoms with Gasteiger partial charge in [0.2, 0.25) is 0 Å². The van der Waals surface area contributed by atoms with Crippen molar-refractivity contribution in [2.75, 3.05) is 0 Å². The Bertz CT molecular complexity index is 860. The third-order valence-electron chi connectivity index (χ3n) is 4.72. The van der Waals surface area contributed by atoms with Gasteiger partial charge in [-0.3, -0.25) is 0 Å². The number of benzene rings is 3. The molecular weight excluding hydrogens is 288 g/mol. The van der Waals surface area contributed by atoms with E-state index in [2.05, 4.69) is 74.5 Å². The first kappa shape index (κ1) is 13.6. The van der Waals surface area contributed by atoms with Crippen LogP contribution in [-0.2, 0) is 5.41 Å². The molecule has 0 bridgehead atoms. The summed E-state index contributed by atoms with van der Waals surface area (Å²) in [4.78, 5) is 0. The third-order valence-corrected chi connectivity index (χ3v) is 4.95. The van der Waals surface area contributed by atoms with Gasteiger partial charge in [0.1, 0.15) is 0 Å². The van der Waals surface area contributed by atoms with Crippen molar-refractivity contribution in [3.05, 3.63) is 82.9 Å². The molecule has 4 rings (SSSR count). The van der Waals surface area contributed by atoms with Crippen LogP contribution in [0.4, 0.5) is 0 Å². The molecule has 0 saturated carbocycles. The molecule has 22 heavy (non-hydrogen) atoms. The molecule has 3 aromatic carbocycles. The quantitative estimate of drug-likeness (QED) is 0.494. The SMILES string of the molecule is CC1(C)c2ccc(Cl)cc2-c2cccc(-c3ccccc3)c21. The minimum absolute atomic E-state index is 0.0122. The molecule has 0 nitrogen and oxygen atoms in total. The molecule has 0 unspecified atom stereocenters. The van der Waals surface area contributed by atoms with E-state index in [0.29, 0.717) is 0 Å². The van der Waals surface area contributed by atoms with Crippen molar-refractivity contribution >= 4 is 11.6 Å². The van der Waals surface area contributed by atoms with Crippen LogP contribution in [0.25, 0.3) is 22.3 Å². The zero-order valence-corrected chi connectivity index (χ0v) is 13.5. The molecule has 0 fully saturated rings. The minimum Gasteiger partial charge on any atom is -0.0843 e. The lowest BCUT2D eigenvalue weighted by molar-refractivity contribution is 0.662. The van der Waals surface area contributed by atoms with E-state index in [1.807, 2.05) is 6.07 Å². The summed E-state index contributed by atoms with van der Waals surface area (Å²) < 4.78 is 0. The lowest BCUT2D eigenvalue weighted by atomic mass is 9.79. The van der Waals surface area contributed by atoms with Crippen molar-refractivity contribution in [2.45, 2.75) is 19.3 Å². The maximum absolute atomic E-state index is 6.24. The number of fused-ring (bicyclic) bond motifs is 3. The van der Waals surface area contributed by atoms with E-state index in [-0.39, 0.29) is 5.41 Å². The highest BCUT2D eigenvalue weighted by Crippen LogP contribution is 2.52. The first-order chi connectivity index (χ1) is 10.6. The zero-order valence-electron chi connectivity index (χ0n) is 12.7. The normalized spacial score (nSPS) is 14.5. The first-order valence-corrected chi connectivity index (χ1v) is 7.96. The van der Waals surface area contributed by atoms with E-state index in [0.717, 1.165) is 5.02 Å². The molecule has 108 valence electrons. The predicted octanol–water partition coefficient (Wildman–Crippen LogP) is 6.31. The Morgan fingerprint density at radius 3 is 2.23 bits per heavy atom. The second-order valence-corrected chi connectivity index (χ2v) is 6.85. The summed E-state index contributed by atoms with van der Waals surface area (Å²) in [5.41, 5.74) is 7.91. The third kappa shape index (κ3) is 1.84. The maximum atomic E-state index is 6.24. The molecule has 0 heterocycles. The molecule has 0 aromatic heterocycles. The van der Waals surface area contributed by atoms with E-state index in [1.165, 1.54) is 33.4 Å². The van der Waals surface area contributed by atoms with Gasteiger partial charge in [-0.15, -0.1) is 0 Å². The minimum atomic E-state index is -0.0122. The maximum Gasteiger partial charge on any atom is 0.0412 e. The largest absolute Gasteiger partial charge is 0.0843 e. The highest BCUT2D eigenvalue weighted by atomic mass is 35.5. The van der Waals surface area contributed by atoms with Crippen LogP contribution >= 0.6 is 11.6 Å². The zero-order chi connectivity index (χ0) is 15.3. The van der Waals surface area contributed by atoms with Gasteiger partial charge in [0.05, 0.1) is 0 Å². The number of rotatable bonds is 1. The molecule has 0 amide bonds. The summed E-state index contributed by atoms with van der Waals surface area (Å²) in [5, 5.41) is 0.799. The van der Waals surface area contributed by atoms with Crippen LogP contribution in [0, 0.1) is 0 Å². The van der Waals surface area contributed by atoms with Crippen molar-refractivity contribution in [3.8, 4) is 22.3 Å². The second kappa shape index (κ2) is 4.72. The van der Waals surface area contributed by atoms with Gasteiger partial charge >= 0.3 is 0 Å². The molecule has 1 aliphatic rings. The Morgan fingerprint density at radius 1 is 0.727 bits per heavy atom. The Labute approximate surface area is 136 Å². The average Bonchev–Trinajstić information content (AvgIpc) is 2.76. The van der Waals surface area contributed by atoms with Gasteiger partial charge in [-0.25, -0.2) is 0 Å². The molecule has 0 aliphatic heterocycles. The van der Waals surface area contributed by atoms with Crippen LogP contribution in [0.3, 0.4) is 0 Å². The van der Waals surface area contributed by atoms with Gasteiger partial charge in [-0.05, 0) is 45.5 Å². The Balaban J connectivity index is 2.05. The van der Waals surface area contributed by atoms with Crippen molar-refractivity contribution in [1.29, 1.82) is 0 Å². The lowest BCUT2D eigenvalue weighted by Gasteiger charge is -2.24. The molecule has 1 heteroatoms. The summed E-state index contributed by atoms with van der Waals surface area (Å²) in [6.45, 7) is 4.61. The average molecular weight is 305 g/mol. The predicted molar refractivity (Wildman–Crippen MR) is 94.5 cm³/mol.